The predicted molar refractivity (Wildman–Crippen MR) is 100 cm³/mol. The van der Waals surface area contributed by atoms with E-state index in [1.807, 2.05) is 6.92 Å². The van der Waals surface area contributed by atoms with Crippen LogP contribution in [0.5, 0.6) is 5.75 Å². The number of nitrogens with zero attached hydrogens (tertiary/aromatic N) is 5. The molecule has 0 unspecified atom stereocenters. The van der Waals surface area contributed by atoms with E-state index >= 15 is 0 Å². The molecule has 12 heteroatoms. The minimum absolute atomic E-state index is 0.0509. The number of aromatic nitrogens is 3. The van der Waals surface area contributed by atoms with E-state index < -0.39 is 21.4 Å². The molecule has 0 fully saturated rings. The van der Waals surface area contributed by atoms with Gasteiger partial charge in [-0.3, -0.25) is 20.2 Å². The van der Waals surface area contributed by atoms with Gasteiger partial charge >= 0.3 is 0 Å². The molecule has 29 heavy (non-hydrogen) atoms. The minimum atomic E-state index is -0.700. The first kappa shape index (κ1) is 20.2. The summed E-state index contributed by atoms with van der Waals surface area (Å²) in [4.78, 5) is 21.0. The first-order chi connectivity index (χ1) is 13.9. The average Bonchev–Trinajstić information content (AvgIpc) is 3.08. The molecule has 1 aromatic heterocycles. The van der Waals surface area contributed by atoms with Gasteiger partial charge in [-0.05, 0) is 36.9 Å². The second kappa shape index (κ2) is 8.65. The van der Waals surface area contributed by atoms with Crippen LogP contribution in [0.2, 0.25) is 0 Å². The minimum Gasteiger partial charge on any atom is -0.483 e. The fourth-order valence-electron chi connectivity index (χ4n) is 2.47. The normalized spacial score (nSPS) is 10.7. The molecule has 0 amide bonds. The summed E-state index contributed by atoms with van der Waals surface area (Å²) >= 11 is 0.955. The topological polar surface area (TPSA) is 126 Å². The number of nitro groups is 2. The number of para-hydroxylation sites is 1. The van der Waals surface area contributed by atoms with Crippen molar-refractivity contribution >= 4 is 23.1 Å². The number of halogens is 1. The van der Waals surface area contributed by atoms with Gasteiger partial charge in [0.15, 0.2) is 22.5 Å². The van der Waals surface area contributed by atoms with E-state index in [9.17, 15) is 24.6 Å². The largest absolute Gasteiger partial charge is 0.483 e. The van der Waals surface area contributed by atoms with E-state index in [0.717, 1.165) is 17.8 Å². The van der Waals surface area contributed by atoms with Gasteiger partial charge in [0.2, 0.25) is 0 Å². The summed E-state index contributed by atoms with van der Waals surface area (Å²) in [6, 6.07) is 9.32. The Hall–Kier alpha value is -3.54. The van der Waals surface area contributed by atoms with Crippen LogP contribution in [0, 0.1) is 26.0 Å². The highest BCUT2D eigenvalue weighted by Crippen LogP contribution is 2.36. The Morgan fingerprint density at radius 2 is 1.90 bits per heavy atom. The van der Waals surface area contributed by atoms with Crippen LogP contribution in [0.25, 0.3) is 0 Å². The van der Waals surface area contributed by atoms with E-state index in [4.69, 9.17) is 4.74 Å². The van der Waals surface area contributed by atoms with Crippen molar-refractivity contribution in [2.45, 2.75) is 30.1 Å². The number of nitro benzene ring substituents is 2. The van der Waals surface area contributed by atoms with Crippen molar-refractivity contribution in [1.29, 1.82) is 0 Å². The molecule has 0 aliphatic carbocycles. The summed E-state index contributed by atoms with van der Waals surface area (Å²) in [7, 11) is 0. The van der Waals surface area contributed by atoms with Gasteiger partial charge in [0, 0.05) is 12.6 Å². The number of non-ortho nitro benzene ring substituents is 1. The molecule has 0 radical (unpaired) electrons. The molecule has 1 heterocycles. The second-order valence-corrected chi connectivity index (χ2v) is 6.64. The third-order valence-corrected chi connectivity index (χ3v) is 4.90. The van der Waals surface area contributed by atoms with Gasteiger partial charge in [-0.1, -0.05) is 12.1 Å². The van der Waals surface area contributed by atoms with Crippen LogP contribution in [0.3, 0.4) is 0 Å². The molecule has 150 valence electrons. The van der Waals surface area contributed by atoms with E-state index in [-0.39, 0.29) is 22.9 Å². The molecule has 0 atom stereocenters. The first-order valence-electron chi connectivity index (χ1n) is 8.30. The smallest absolute Gasteiger partial charge is 0.290 e. The summed E-state index contributed by atoms with van der Waals surface area (Å²) in [5.41, 5.74) is -0.781. The number of hydrogen-bond acceptors (Lipinski definition) is 8. The summed E-state index contributed by atoms with van der Waals surface area (Å²) < 4.78 is 20.8. The zero-order valence-corrected chi connectivity index (χ0v) is 15.8. The zero-order chi connectivity index (χ0) is 21.0. The lowest BCUT2D eigenvalue weighted by Gasteiger charge is -2.09. The fourth-order valence-corrected chi connectivity index (χ4v) is 3.47. The molecule has 0 saturated heterocycles. The van der Waals surface area contributed by atoms with E-state index in [0.29, 0.717) is 17.5 Å². The monoisotopic (exact) mass is 419 g/mol. The Kier molecular flexibility index (Phi) is 6.02. The molecule has 3 rings (SSSR count). The van der Waals surface area contributed by atoms with Crippen molar-refractivity contribution in [2.24, 2.45) is 0 Å². The summed E-state index contributed by atoms with van der Waals surface area (Å²) in [5, 5.41) is 30.6. The van der Waals surface area contributed by atoms with Gasteiger partial charge in [0.1, 0.15) is 6.61 Å². The lowest BCUT2D eigenvalue weighted by atomic mass is 10.3. The van der Waals surface area contributed by atoms with E-state index in [2.05, 4.69) is 10.2 Å². The van der Waals surface area contributed by atoms with Crippen molar-refractivity contribution in [3.63, 3.8) is 0 Å². The van der Waals surface area contributed by atoms with Gasteiger partial charge < -0.3 is 9.30 Å². The van der Waals surface area contributed by atoms with Crippen LogP contribution in [0.4, 0.5) is 15.8 Å². The van der Waals surface area contributed by atoms with E-state index in [1.165, 1.54) is 24.3 Å². The molecule has 3 aromatic rings. The maximum Gasteiger partial charge on any atom is 0.290 e. The maximum absolute atomic E-state index is 13.7. The van der Waals surface area contributed by atoms with Crippen molar-refractivity contribution < 1.29 is 19.0 Å². The molecule has 0 spiro atoms. The van der Waals surface area contributed by atoms with E-state index in [1.54, 1.807) is 16.7 Å². The molecule has 0 N–H and O–H groups in total. The van der Waals surface area contributed by atoms with Crippen LogP contribution in [-0.4, -0.2) is 24.6 Å². The third-order valence-electron chi connectivity index (χ3n) is 3.85. The lowest BCUT2D eigenvalue weighted by Crippen LogP contribution is -2.07. The van der Waals surface area contributed by atoms with Crippen molar-refractivity contribution in [1.82, 2.24) is 14.8 Å². The number of hydrogen-bond donors (Lipinski definition) is 0. The molecule has 0 aliphatic rings. The number of benzene rings is 2. The maximum atomic E-state index is 13.7. The number of rotatable bonds is 8. The van der Waals surface area contributed by atoms with Gasteiger partial charge in [-0.2, -0.15) is 0 Å². The molecule has 0 bridgehead atoms. The Labute approximate surface area is 167 Å². The van der Waals surface area contributed by atoms with Crippen LogP contribution in [0.15, 0.2) is 52.5 Å². The highest BCUT2D eigenvalue weighted by atomic mass is 32.2. The van der Waals surface area contributed by atoms with Gasteiger partial charge in [0.25, 0.3) is 11.4 Å². The molecule has 0 aliphatic heterocycles. The summed E-state index contributed by atoms with van der Waals surface area (Å²) in [6.45, 7) is 2.21. The Morgan fingerprint density at radius 1 is 1.14 bits per heavy atom. The zero-order valence-electron chi connectivity index (χ0n) is 15.0. The molecule has 0 saturated carbocycles. The molecular weight excluding hydrogens is 405 g/mol. The predicted octanol–water partition coefficient (Wildman–Crippen LogP) is 3.98. The molecular formula is C17H14FN5O5S. The van der Waals surface area contributed by atoms with Crippen LogP contribution in [-0.2, 0) is 13.2 Å². The van der Waals surface area contributed by atoms with Crippen LogP contribution >= 0.6 is 11.8 Å². The third kappa shape index (κ3) is 4.48. The lowest BCUT2D eigenvalue weighted by molar-refractivity contribution is -0.396. The summed E-state index contributed by atoms with van der Waals surface area (Å²) in [6.07, 6.45) is 0. The Morgan fingerprint density at radius 3 is 2.55 bits per heavy atom. The highest BCUT2D eigenvalue weighted by Gasteiger charge is 2.23. The first-order valence-corrected chi connectivity index (χ1v) is 9.12. The highest BCUT2D eigenvalue weighted by molar-refractivity contribution is 7.99. The van der Waals surface area contributed by atoms with Crippen molar-refractivity contribution in [3.8, 4) is 5.75 Å². The molecule has 10 nitrogen and oxygen atoms in total. The van der Waals surface area contributed by atoms with Crippen LogP contribution in [0.1, 0.15) is 12.7 Å². The van der Waals surface area contributed by atoms with Gasteiger partial charge in [0.05, 0.1) is 20.8 Å². The Bertz CT molecular complexity index is 1070. The van der Waals surface area contributed by atoms with Crippen LogP contribution < -0.4 is 4.74 Å². The molecule has 2 aromatic carbocycles. The van der Waals surface area contributed by atoms with Gasteiger partial charge in [-0.25, -0.2) is 4.39 Å². The van der Waals surface area contributed by atoms with Gasteiger partial charge in [-0.15, -0.1) is 10.2 Å². The summed E-state index contributed by atoms with van der Waals surface area (Å²) in [5.74, 6) is -0.0349. The fraction of sp³-hybridized carbons (Fsp3) is 0.176. The SMILES string of the molecule is CCn1c(COc2ccccc2F)nnc1Sc1ccc([N+](=O)[O-])cc1[N+](=O)[O-]. The second-order valence-electron chi connectivity index (χ2n) is 5.63. The average molecular weight is 419 g/mol. The number of ether oxygens (including phenoxy) is 1. The quantitative estimate of drug-likeness (QED) is 0.396. The Balaban J connectivity index is 1.85. The standard InChI is InChI=1S/C17H14FN5O5S/c1-2-21-16(10-28-14-6-4-3-5-12(14)18)19-20-17(21)29-15-8-7-11(22(24)25)9-13(15)23(26)27/h3-9H,2,10H2,1H3. The van der Waals surface area contributed by atoms with Crippen molar-refractivity contribution in [2.75, 3.05) is 0 Å². The van der Waals surface area contributed by atoms with Crippen molar-refractivity contribution in [3.05, 3.63) is 74.3 Å².